The second kappa shape index (κ2) is 28.3. The SMILES string of the molecule is C.C.CCCCNCCCC.COP(=O)(OC)C(C)=O.COP(C)(=O)C(C)(O)P(C)(=O)OC.CO[P+](=O)OC. The van der Waals surface area contributed by atoms with Crippen molar-refractivity contribution >= 4 is 36.1 Å². The Labute approximate surface area is 239 Å². The summed E-state index contributed by atoms with van der Waals surface area (Å²) in [5, 5.41) is 11.2. The van der Waals surface area contributed by atoms with E-state index in [-0.39, 0.29) is 14.9 Å². The van der Waals surface area contributed by atoms with Gasteiger partial charge in [-0.05, 0) is 32.9 Å². The van der Waals surface area contributed by atoms with Gasteiger partial charge in [-0.15, -0.1) is 9.05 Å². The van der Waals surface area contributed by atoms with E-state index in [0.717, 1.165) is 6.92 Å². The van der Waals surface area contributed by atoms with Crippen LogP contribution < -0.4 is 5.32 Å². The van der Waals surface area contributed by atoms with Crippen molar-refractivity contribution in [2.45, 2.75) is 73.3 Å². The molecule has 0 spiro atoms. The van der Waals surface area contributed by atoms with E-state index in [1.807, 2.05) is 0 Å². The first-order valence-corrected chi connectivity index (χ1v) is 18.2. The first-order valence-electron chi connectivity index (χ1n) is 11.4. The number of hydrogen-bond acceptors (Lipinski definition) is 13. The molecule has 0 aliphatic rings. The van der Waals surface area contributed by atoms with E-state index in [1.165, 1.54) is 102 Å². The predicted octanol–water partition coefficient (Wildman–Crippen LogP) is 7.16. The maximum atomic E-state index is 11.7. The summed E-state index contributed by atoms with van der Waals surface area (Å²) >= 11 is 0. The van der Waals surface area contributed by atoms with Crippen molar-refractivity contribution in [3.8, 4) is 0 Å². The van der Waals surface area contributed by atoms with Crippen molar-refractivity contribution in [2.24, 2.45) is 0 Å². The lowest BCUT2D eigenvalue weighted by molar-refractivity contribution is -0.111. The van der Waals surface area contributed by atoms with Crippen LogP contribution in [0.4, 0.5) is 0 Å². The molecule has 0 amide bonds. The molecule has 17 heteroatoms. The number of unbranched alkanes of at least 4 members (excludes halogenated alkanes) is 2. The van der Waals surface area contributed by atoms with E-state index in [4.69, 9.17) is 0 Å². The van der Waals surface area contributed by atoms with Gasteiger partial charge >= 0.3 is 15.9 Å². The molecule has 2 N–H and O–H groups in total. The van der Waals surface area contributed by atoms with E-state index in [1.54, 1.807) is 0 Å². The molecule has 0 aliphatic carbocycles. The third-order valence-corrected chi connectivity index (χ3v) is 13.8. The summed E-state index contributed by atoms with van der Waals surface area (Å²) in [6, 6.07) is 0. The fourth-order valence-corrected chi connectivity index (χ4v) is 6.44. The highest BCUT2D eigenvalue weighted by Crippen LogP contribution is 2.71. The molecule has 0 aromatic carbocycles. The zero-order chi connectivity index (χ0) is 30.3. The second-order valence-electron chi connectivity index (χ2n) is 7.46. The zero-order valence-electron chi connectivity index (χ0n) is 24.5. The Kier molecular flexibility index (Phi) is 37.6. The molecule has 0 radical (unpaired) electrons. The van der Waals surface area contributed by atoms with E-state index in [0.29, 0.717) is 0 Å². The average molecular weight is 653 g/mol. The molecule has 0 saturated carbocycles. The Bertz CT molecular complexity index is 705. The van der Waals surface area contributed by atoms with Gasteiger partial charge in [-0.1, -0.05) is 41.5 Å². The van der Waals surface area contributed by atoms with Crippen LogP contribution in [0.5, 0.6) is 0 Å². The van der Waals surface area contributed by atoms with Crippen LogP contribution in [0.15, 0.2) is 0 Å². The van der Waals surface area contributed by atoms with Crippen LogP contribution in [0.2, 0.25) is 0 Å². The Hall–Kier alpha value is 0.140. The molecule has 0 bridgehead atoms. The summed E-state index contributed by atoms with van der Waals surface area (Å²) in [6.45, 7) is 11.7. The molecule has 0 saturated heterocycles. The van der Waals surface area contributed by atoms with Crippen LogP contribution in [0.25, 0.3) is 0 Å². The molecule has 0 aromatic heterocycles. The lowest BCUT2D eigenvalue weighted by Crippen LogP contribution is -2.25. The molecule has 0 aromatic rings. The number of aliphatic hydroxyl groups is 1. The zero-order valence-corrected chi connectivity index (χ0v) is 28.0. The monoisotopic (exact) mass is 652 g/mol. The summed E-state index contributed by atoms with van der Waals surface area (Å²) in [7, 11) is -4.53. The van der Waals surface area contributed by atoms with Gasteiger partial charge in [0.05, 0.1) is 14.2 Å². The van der Waals surface area contributed by atoms with Gasteiger partial charge in [0.1, 0.15) is 0 Å². The van der Waals surface area contributed by atoms with Crippen LogP contribution in [-0.2, 0) is 50.2 Å². The largest absolute Gasteiger partial charge is 0.696 e. The molecule has 2 atom stereocenters. The Morgan fingerprint density at radius 3 is 1.23 bits per heavy atom. The molecule has 39 heavy (non-hydrogen) atoms. The number of hydrogen-bond donors (Lipinski definition) is 2. The Morgan fingerprint density at radius 2 is 1.10 bits per heavy atom. The van der Waals surface area contributed by atoms with Crippen LogP contribution >= 0.6 is 30.6 Å². The molecular formula is C22H58NO12P4+. The summed E-state index contributed by atoms with van der Waals surface area (Å²) in [6.07, 6.45) is 5.26. The summed E-state index contributed by atoms with van der Waals surface area (Å²) in [5.41, 5.74) is -0.576. The summed E-state index contributed by atoms with van der Waals surface area (Å²) < 4.78 is 70.4. The average Bonchev–Trinajstić information content (AvgIpc) is 2.88. The normalized spacial score (nSPS) is 14.8. The van der Waals surface area contributed by atoms with Crippen molar-refractivity contribution in [2.75, 3.05) is 69.1 Å². The van der Waals surface area contributed by atoms with Crippen molar-refractivity contribution in [1.29, 1.82) is 0 Å². The van der Waals surface area contributed by atoms with Crippen LogP contribution in [0.1, 0.15) is 68.2 Å². The van der Waals surface area contributed by atoms with Gasteiger partial charge in [0, 0.05) is 53.3 Å². The molecule has 0 heterocycles. The summed E-state index contributed by atoms with van der Waals surface area (Å²) in [5.74, 6) is 0. The highest BCUT2D eigenvalue weighted by atomic mass is 31.2. The van der Waals surface area contributed by atoms with Gasteiger partial charge in [-0.3, -0.25) is 18.5 Å². The molecule has 0 fully saturated rings. The fourth-order valence-electron chi connectivity index (χ4n) is 1.81. The summed E-state index contributed by atoms with van der Waals surface area (Å²) in [4.78, 5) is 10.4. The van der Waals surface area contributed by atoms with Gasteiger partial charge in [-0.2, -0.15) is 0 Å². The van der Waals surface area contributed by atoms with Crippen molar-refractivity contribution in [3.63, 3.8) is 0 Å². The molecule has 2 unspecified atom stereocenters. The number of nitrogens with one attached hydrogen (secondary N) is 1. The smallest absolute Gasteiger partial charge is 0.371 e. The molecule has 242 valence electrons. The van der Waals surface area contributed by atoms with Gasteiger partial charge in [0.2, 0.25) is 25.3 Å². The van der Waals surface area contributed by atoms with E-state index >= 15 is 0 Å². The minimum Gasteiger partial charge on any atom is -0.371 e. The van der Waals surface area contributed by atoms with Crippen molar-refractivity contribution < 1.29 is 55.3 Å². The standard InChI is InChI=1S/C8H19N.C6H16O5P2.C4H9O4P.C2H6O3P.2CH4/c1-3-5-7-9-8-6-4-2;1-6(7,12(4,8)10-2)13(5,9)11-3;1-4(5)9(6,7-2)8-3;1-4-6(3)5-2;;/h9H,3-8H2,1-2H3;7H,1-5H3;1-3H3;1-2H3;2*1H4/q;;;+1;;. The fraction of sp³-hybridized carbons (Fsp3) is 0.955. The predicted molar refractivity (Wildman–Crippen MR) is 162 cm³/mol. The van der Waals surface area contributed by atoms with Crippen LogP contribution in [0, 0.1) is 0 Å². The van der Waals surface area contributed by atoms with Crippen molar-refractivity contribution in [1.82, 2.24) is 5.32 Å². The number of rotatable bonds is 15. The first-order chi connectivity index (χ1) is 16.9. The molecule has 0 aliphatic heterocycles. The van der Waals surface area contributed by atoms with E-state index in [9.17, 15) is 28.2 Å². The quantitative estimate of drug-likeness (QED) is 0.135. The first kappa shape index (κ1) is 51.8. The van der Waals surface area contributed by atoms with E-state index in [2.05, 4.69) is 46.3 Å². The highest BCUT2D eigenvalue weighted by molar-refractivity contribution is 7.77. The minimum atomic E-state index is -3.39. The Balaban J connectivity index is -0.0000000946. The second-order valence-corrected chi connectivity index (χ2v) is 17.2. The molecule has 13 nitrogen and oxygen atoms in total. The lowest BCUT2D eigenvalue weighted by atomic mass is 10.3. The minimum absolute atomic E-state index is 0. The Morgan fingerprint density at radius 1 is 0.795 bits per heavy atom. The third-order valence-electron chi connectivity index (χ3n) is 4.81. The van der Waals surface area contributed by atoms with Crippen LogP contribution in [-0.4, -0.2) is 84.8 Å². The number of carbonyl (C=O) groups excluding carboxylic acids is 1. The molecular weight excluding hydrogens is 594 g/mol. The highest BCUT2D eigenvalue weighted by Gasteiger charge is 2.52. The number of carbonyl (C=O) groups is 1. The van der Waals surface area contributed by atoms with Gasteiger partial charge in [0.25, 0.3) is 0 Å². The molecule has 0 rings (SSSR count). The van der Waals surface area contributed by atoms with Crippen molar-refractivity contribution in [3.05, 3.63) is 0 Å². The van der Waals surface area contributed by atoms with Crippen LogP contribution in [0.3, 0.4) is 0 Å². The topological polar surface area (TPSA) is 173 Å². The van der Waals surface area contributed by atoms with Gasteiger partial charge in [0.15, 0.2) is 0 Å². The lowest BCUT2D eigenvalue weighted by Gasteiger charge is -2.32. The maximum absolute atomic E-state index is 11.7. The van der Waals surface area contributed by atoms with Gasteiger partial charge in [-0.25, -0.2) is 0 Å². The van der Waals surface area contributed by atoms with Gasteiger partial charge < -0.3 is 28.5 Å². The third kappa shape index (κ3) is 23.4. The maximum Gasteiger partial charge on any atom is 0.696 e. The van der Waals surface area contributed by atoms with E-state index < -0.39 is 41.2 Å².